The monoisotopic (exact) mass is 272 g/mol. The number of carboxylic acid groups (broad SMARTS) is 1. The second-order valence-corrected chi connectivity index (χ2v) is 5.22. The molecule has 1 rings (SSSR count). The van der Waals surface area contributed by atoms with E-state index in [0.29, 0.717) is 19.7 Å². The second-order valence-electron chi connectivity index (χ2n) is 5.22. The van der Waals surface area contributed by atoms with Crippen LogP contribution >= 0.6 is 0 Å². The van der Waals surface area contributed by atoms with E-state index in [4.69, 9.17) is 9.84 Å². The molecule has 2 N–H and O–H groups in total. The Labute approximate surface area is 114 Å². The van der Waals surface area contributed by atoms with Gasteiger partial charge in [0.15, 0.2) is 0 Å². The molecule has 0 aromatic carbocycles. The quantitative estimate of drug-likeness (QED) is 0.787. The number of carbonyl (C=O) groups is 2. The topological polar surface area (TPSA) is 78.9 Å². The number of hydrogen-bond donors (Lipinski definition) is 2. The molecule has 0 bridgehead atoms. The van der Waals surface area contributed by atoms with E-state index in [-0.39, 0.29) is 24.6 Å². The first kappa shape index (κ1) is 15.8. The molecule has 0 aliphatic carbocycles. The van der Waals surface area contributed by atoms with Crippen LogP contribution in [0.1, 0.15) is 27.2 Å². The molecule has 2 unspecified atom stereocenters. The molecular formula is C13H24N2O4. The molecule has 0 spiro atoms. The Morgan fingerprint density at radius 2 is 2.16 bits per heavy atom. The Morgan fingerprint density at radius 3 is 2.68 bits per heavy atom. The molecule has 1 aliphatic rings. The van der Waals surface area contributed by atoms with Gasteiger partial charge in [-0.2, -0.15) is 0 Å². The number of carboxylic acids is 1. The van der Waals surface area contributed by atoms with Crippen LogP contribution in [0, 0.1) is 11.8 Å². The molecule has 0 aromatic heterocycles. The number of amides is 2. The van der Waals surface area contributed by atoms with Gasteiger partial charge in [0.2, 0.25) is 0 Å². The van der Waals surface area contributed by atoms with Crippen molar-refractivity contribution in [2.24, 2.45) is 11.8 Å². The minimum atomic E-state index is -0.872. The minimum Gasteiger partial charge on any atom is -0.481 e. The summed E-state index contributed by atoms with van der Waals surface area (Å²) in [6, 6.07) is -0.200. The molecule has 110 valence electrons. The summed E-state index contributed by atoms with van der Waals surface area (Å²) < 4.78 is 5.49. The van der Waals surface area contributed by atoms with Gasteiger partial charge in [-0.25, -0.2) is 4.79 Å². The van der Waals surface area contributed by atoms with Crippen molar-refractivity contribution in [3.05, 3.63) is 0 Å². The van der Waals surface area contributed by atoms with Crippen LogP contribution in [0.5, 0.6) is 0 Å². The first-order valence-corrected chi connectivity index (χ1v) is 6.82. The highest BCUT2D eigenvalue weighted by Gasteiger charge is 2.26. The molecule has 1 saturated heterocycles. The summed E-state index contributed by atoms with van der Waals surface area (Å²) in [5.41, 5.74) is 0. The smallest absolute Gasteiger partial charge is 0.317 e. The Balaban J connectivity index is 2.43. The molecule has 2 amide bonds. The van der Waals surface area contributed by atoms with E-state index < -0.39 is 11.9 Å². The van der Waals surface area contributed by atoms with Gasteiger partial charge >= 0.3 is 12.0 Å². The Kier molecular flexibility index (Phi) is 6.08. The number of aliphatic carboxylic acids is 1. The van der Waals surface area contributed by atoms with Crippen LogP contribution in [0.4, 0.5) is 4.79 Å². The van der Waals surface area contributed by atoms with Crippen molar-refractivity contribution in [1.29, 1.82) is 0 Å². The van der Waals surface area contributed by atoms with Crippen molar-refractivity contribution in [2.45, 2.75) is 33.3 Å². The van der Waals surface area contributed by atoms with Crippen LogP contribution in [-0.4, -0.2) is 54.4 Å². The van der Waals surface area contributed by atoms with Gasteiger partial charge < -0.3 is 20.1 Å². The van der Waals surface area contributed by atoms with Gasteiger partial charge in [0.1, 0.15) is 0 Å². The highest BCUT2D eigenvalue weighted by Crippen LogP contribution is 2.11. The van der Waals surface area contributed by atoms with E-state index in [1.54, 1.807) is 4.90 Å². The fourth-order valence-electron chi connectivity index (χ4n) is 2.07. The number of ether oxygens (including phenoxy) is 1. The lowest BCUT2D eigenvalue weighted by Gasteiger charge is -2.32. The summed E-state index contributed by atoms with van der Waals surface area (Å²) in [6.07, 6.45) is 0.952. The molecule has 6 heteroatoms. The lowest BCUT2D eigenvalue weighted by molar-refractivity contribution is -0.142. The molecule has 1 heterocycles. The molecule has 2 atom stereocenters. The van der Waals surface area contributed by atoms with Gasteiger partial charge in [0.05, 0.1) is 18.6 Å². The van der Waals surface area contributed by atoms with Gasteiger partial charge in [-0.15, -0.1) is 0 Å². The summed E-state index contributed by atoms with van der Waals surface area (Å²) >= 11 is 0. The summed E-state index contributed by atoms with van der Waals surface area (Å²) in [6.45, 7) is 7.53. The summed E-state index contributed by atoms with van der Waals surface area (Å²) in [5.74, 6) is -1.43. The third-order valence-electron chi connectivity index (χ3n) is 3.48. The van der Waals surface area contributed by atoms with Crippen LogP contribution in [0.15, 0.2) is 0 Å². The highest BCUT2D eigenvalue weighted by atomic mass is 16.5. The Morgan fingerprint density at radius 1 is 1.47 bits per heavy atom. The van der Waals surface area contributed by atoms with Crippen molar-refractivity contribution >= 4 is 12.0 Å². The maximum Gasteiger partial charge on any atom is 0.317 e. The zero-order valence-corrected chi connectivity index (χ0v) is 11.9. The molecular weight excluding hydrogens is 248 g/mol. The van der Waals surface area contributed by atoms with E-state index in [2.05, 4.69) is 5.32 Å². The maximum atomic E-state index is 12.0. The third-order valence-corrected chi connectivity index (χ3v) is 3.48. The number of carbonyl (C=O) groups excluding carboxylic acids is 1. The first-order valence-electron chi connectivity index (χ1n) is 6.82. The van der Waals surface area contributed by atoms with Crippen LogP contribution < -0.4 is 5.32 Å². The lowest BCUT2D eigenvalue weighted by Crippen LogP contribution is -2.50. The fourth-order valence-corrected chi connectivity index (χ4v) is 2.07. The number of nitrogens with zero attached hydrogens (tertiary/aromatic N) is 1. The fraction of sp³-hybridized carbons (Fsp3) is 0.846. The lowest BCUT2D eigenvalue weighted by atomic mass is 9.96. The van der Waals surface area contributed by atoms with Crippen LogP contribution in [0.25, 0.3) is 0 Å². The zero-order chi connectivity index (χ0) is 14.4. The molecule has 1 aliphatic heterocycles. The minimum absolute atomic E-state index is 0.00844. The van der Waals surface area contributed by atoms with Gasteiger partial charge in [-0.05, 0) is 12.3 Å². The second kappa shape index (κ2) is 7.33. The average molecular weight is 272 g/mol. The number of hydrogen-bond acceptors (Lipinski definition) is 3. The summed E-state index contributed by atoms with van der Waals surface area (Å²) in [5, 5.41) is 11.8. The zero-order valence-electron chi connectivity index (χ0n) is 11.9. The Bertz CT molecular complexity index is 320. The predicted molar refractivity (Wildman–Crippen MR) is 71.0 cm³/mol. The van der Waals surface area contributed by atoms with Crippen molar-refractivity contribution in [2.75, 3.05) is 26.2 Å². The van der Waals surface area contributed by atoms with Gasteiger partial charge in [-0.3, -0.25) is 4.79 Å². The summed E-state index contributed by atoms with van der Waals surface area (Å²) in [4.78, 5) is 24.7. The molecule has 19 heavy (non-hydrogen) atoms. The van der Waals surface area contributed by atoms with Crippen LogP contribution in [-0.2, 0) is 9.53 Å². The largest absolute Gasteiger partial charge is 0.481 e. The van der Waals surface area contributed by atoms with Crippen molar-refractivity contribution in [1.82, 2.24) is 10.2 Å². The molecule has 0 aromatic rings. The van der Waals surface area contributed by atoms with Crippen LogP contribution in [0.3, 0.4) is 0 Å². The predicted octanol–water partition coefficient (Wildman–Crippen LogP) is 1.16. The number of rotatable bonds is 5. The molecule has 0 radical (unpaired) electrons. The molecule has 0 saturated carbocycles. The van der Waals surface area contributed by atoms with Crippen molar-refractivity contribution in [3.63, 3.8) is 0 Å². The normalized spacial score (nSPS) is 21.3. The van der Waals surface area contributed by atoms with E-state index in [1.165, 1.54) is 0 Å². The third kappa shape index (κ3) is 4.70. The SMILES string of the molecule is CCC1CN(C(=O)NCC(C(=O)O)C(C)C)CCO1. The highest BCUT2D eigenvalue weighted by molar-refractivity contribution is 5.76. The molecule has 1 fully saturated rings. The Hall–Kier alpha value is -1.30. The molecule has 6 nitrogen and oxygen atoms in total. The van der Waals surface area contributed by atoms with Gasteiger partial charge in [0, 0.05) is 19.6 Å². The van der Waals surface area contributed by atoms with E-state index in [9.17, 15) is 9.59 Å². The average Bonchev–Trinajstić information content (AvgIpc) is 2.38. The van der Waals surface area contributed by atoms with Crippen molar-refractivity contribution < 1.29 is 19.4 Å². The number of urea groups is 1. The van der Waals surface area contributed by atoms with E-state index >= 15 is 0 Å². The maximum absolute atomic E-state index is 12.0. The standard InChI is InChI=1S/C13H24N2O4/c1-4-10-8-15(5-6-19-10)13(18)14-7-11(9(2)3)12(16)17/h9-11H,4-8H2,1-3H3,(H,14,18)(H,16,17). The van der Waals surface area contributed by atoms with Gasteiger partial charge in [0.25, 0.3) is 0 Å². The van der Waals surface area contributed by atoms with Gasteiger partial charge in [-0.1, -0.05) is 20.8 Å². The first-order chi connectivity index (χ1) is 8.95. The van der Waals surface area contributed by atoms with Crippen molar-refractivity contribution in [3.8, 4) is 0 Å². The summed E-state index contributed by atoms with van der Waals surface area (Å²) in [7, 11) is 0. The van der Waals surface area contributed by atoms with Crippen LogP contribution in [0.2, 0.25) is 0 Å². The number of nitrogens with one attached hydrogen (secondary N) is 1. The number of morpholine rings is 1. The van der Waals surface area contributed by atoms with E-state index in [1.807, 2.05) is 20.8 Å². The van der Waals surface area contributed by atoms with E-state index in [0.717, 1.165) is 6.42 Å².